The molecule has 4 fully saturated rings. The molecule has 0 aromatic rings. The fraction of sp³-hybridized carbons (Fsp3) is 0.958. The highest BCUT2D eigenvalue weighted by atomic mass is 35.5. The molecule has 0 bridgehead atoms. The Morgan fingerprint density at radius 2 is 1.76 bits per heavy atom. The van der Waals surface area contributed by atoms with Gasteiger partial charge in [-0.2, -0.15) is 3.89 Å². The van der Waals surface area contributed by atoms with Gasteiger partial charge in [0.2, 0.25) is 5.91 Å². The van der Waals surface area contributed by atoms with E-state index in [1.165, 1.54) is 30.9 Å². The number of fused-ring (bicyclic) bond motifs is 1. The summed E-state index contributed by atoms with van der Waals surface area (Å²) in [5, 5.41) is 40.3. The van der Waals surface area contributed by atoms with Gasteiger partial charge in [-0.25, -0.2) is 0 Å². The Hall–Kier alpha value is 0.110. The van der Waals surface area contributed by atoms with E-state index in [1.54, 1.807) is 13.2 Å². The number of ether oxygens (including phenoxy) is 2. The Bertz CT molecular complexity index is 711. The normalized spacial score (nSPS) is 40.5. The van der Waals surface area contributed by atoms with Crippen molar-refractivity contribution >= 4 is 41.4 Å². The molecule has 4 aliphatic heterocycles. The maximum Gasteiger partial charge on any atom is 0.240 e. The maximum absolute atomic E-state index is 13.4. The van der Waals surface area contributed by atoms with Crippen LogP contribution in [0.15, 0.2) is 0 Å². The molecule has 0 aromatic heterocycles. The summed E-state index contributed by atoms with van der Waals surface area (Å²) in [5.74, 6) is 1.37. The van der Waals surface area contributed by atoms with Crippen LogP contribution in [0.2, 0.25) is 0 Å². The van der Waals surface area contributed by atoms with Crippen molar-refractivity contribution in [1.29, 1.82) is 0 Å². The topological polar surface area (TPSA) is 132 Å². The minimum absolute atomic E-state index is 0.207. The summed E-state index contributed by atoms with van der Waals surface area (Å²) >= 11 is 7.90. The zero-order valence-corrected chi connectivity index (χ0v) is 24.1. The lowest BCUT2D eigenvalue weighted by atomic mass is 9.77. The van der Waals surface area contributed by atoms with Crippen molar-refractivity contribution in [2.45, 2.75) is 86.0 Å². The average Bonchev–Trinajstić information content (AvgIpc) is 3.17. The molecule has 37 heavy (non-hydrogen) atoms. The highest BCUT2D eigenvalue weighted by molar-refractivity contribution is 7.99. The van der Waals surface area contributed by atoms with Crippen LogP contribution in [0.1, 0.15) is 32.6 Å². The molecule has 11 atom stereocenters. The molecule has 2 unspecified atom stereocenters. The average molecular weight is 588 g/mol. The first-order valence-corrected chi connectivity index (χ1v) is 16.0. The molecule has 0 aliphatic carbocycles. The third kappa shape index (κ3) is 7.86. The van der Waals surface area contributed by atoms with Gasteiger partial charge in [-0.05, 0) is 69.7 Å². The molecule has 9 nitrogen and oxygen atoms in total. The fourth-order valence-corrected chi connectivity index (χ4v) is 7.04. The van der Waals surface area contributed by atoms with E-state index < -0.39 is 47.3 Å². The highest BCUT2D eigenvalue weighted by Gasteiger charge is 2.49. The Kier molecular flexibility index (Phi) is 13.0. The number of piperidine rings is 1. The van der Waals surface area contributed by atoms with Crippen LogP contribution in [0.4, 0.5) is 3.89 Å². The third-order valence-corrected chi connectivity index (χ3v) is 9.25. The molecule has 4 saturated heterocycles. The SMILES string of the molecule is CSC1O[C@H]([C@H](NC(=O)[C@H]2NC[C@@H]3C[C@@H](C4CCNCC4)CCO[C@H]32)[C@H](C)Cl)C(O)[C@@H](O)[C@H]1O.CSF. The van der Waals surface area contributed by atoms with E-state index in [0.29, 0.717) is 18.4 Å². The van der Waals surface area contributed by atoms with E-state index in [9.17, 15) is 24.0 Å². The van der Waals surface area contributed by atoms with Crippen molar-refractivity contribution in [2.24, 2.45) is 17.8 Å². The third-order valence-electron chi connectivity index (χ3n) is 8.13. The van der Waals surface area contributed by atoms with E-state index in [2.05, 4.69) is 16.0 Å². The van der Waals surface area contributed by atoms with Crippen LogP contribution in [0, 0.1) is 17.8 Å². The molecule has 6 N–H and O–H groups in total. The van der Waals surface area contributed by atoms with Gasteiger partial charge in [0.15, 0.2) is 0 Å². The molecule has 0 spiro atoms. The van der Waals surface area contributed by atoms with Gasteiger partial charge in [0.1, 0.15) is 35.9 Å². The molecule has 1 amide bonds. The molecule has 0 saturated carbocycles. The van der Waals surface area contributed by atoms with Crippen LogP contribution < -0.4 is 16.0 Å². The lowest BCUT2D eigenvalue weighted by molar-refractivity contribution is -0.205. The monoisotopic (exact) mass is 587 g/mol. The number of carbonyl (C=O) groups excluding carboxylic acids is 1. The summed E-state index contributed by atoms with van der Waals surface area (Å²) in [6.45, 7) is 5.25. The molecule has 216 valence electrons. The Balaban J connectivity index is 0.00000121. The number of halogens is 2. The van der Waals surface area contributed by atoms with Crippen molar-refractivity contribution in [3.8, 4) is 0 Å². The lowest BCUT2D eigenvalue weighted by Gasteiger charge is -2.44. The van der Waals surface area contributed by atoms with E-state index >= 15 is 0 Å². The second-order valence-corrected chi connectivity index (χ2v) is 12.3. The van der Waals surface area contributed by atoms with Gasteiger partial charge in [0.25, 0.3) is 0 Å². The van der Waals surface area contributed by atoms with Crippen LogP contribution >= 0.6 is 35.5 Å². The van der Waals surface area contributed by atoms with Crippen LogP contribution in [-0.2, 0) is 14.3 Å². The van der Waals surface area contributed by atoms with Gasteiger partial charge in [-0.1, -0.05) is 0 Å². The minimum Gasteiger partial charge on any atom is -0.388 e. The standard InChI is InChI=1S/C23H40ClN3O6S.CH3FS/c1-11(24)15(21-18(29)17(28)19(30)23(33-21)34-2)27-22(31)16-20-14(10-26-16)9-13(5-8-32-20)12-3-6-25-7-4-12;1-3-2/h11-21,23,25-26,28-30H,3-10H2,1-2H3,(H,27,31);1H3/t11-,13-,14-,15+,16-,17+,18?,19+,20+,21+,23?;/m0./s1. The highest BCUT2D eigenvalue weighted by Crippen LogP contribution is 2.37. The molecule has 13 heteroatoms. The maximum atomic E-state index is 13.4. The first-order valence-electron chi connectivity index (χ1n) is 13.1. The van der Waals surface area contributed by atoms with Gasteiger partial charge in [0.05, 0.1) is 17.5 Å². The lowest BCUT2D eigenvalue weighted by Crippen LogP contribution is -2.65. The first-order chi connectivity index (χ1) is 17.7. The van der Waals surface area contributed by atoms with Crippen molar-refractivity contribution in [2.75, 3.05) is 38.8 Å². The summed E-state index contributed by atoms with van der Waals surface area (Å²) in [6.07, 6.45) is 2.46. The molecule has 4 heterocycles. The first kappa shape index (κ1) is 31.6. The van der Waals surface area contributed by atoms with Gasteiger partial charge in [-0.3, -0.25) is 4.79 Å². The molecule has 0 radical (unpaired) electrons. The molecular formula is C24H43ClFN3O6S2. The van der Waals surface area contributed by atoms with Gasteiger partial charge in [0, 0.05) is 31.6 Å². The van der Waals surface area contributed by atoms with E-state index in [1.807, 2.05) is 0 Å². The molecule has 4 rings (SSSR count). The number of alkyl halides is 1. The Labute approximate surface area is 233 Å². The van der Waals surface area contributed by atoms with Crippen molar-refractivity contribution in [3.05, 3.63) is 0 Å². The Morgan fingerprint density at radius 1 is 1.08 bits per heavy atom. The summed E-state index contributed by atoms with van der Waals surface area (Å²) in [6, 6.07) is -1.27. The Morgan fingerprint density at radius 3 is 2.38 bits per heavy atom. The van der Waals surface area contributed by atoms with E-state index in [0.717, 1.165) is 32.5 Å². The number of carbonyl (C=O) groups is 1. The molecule has 0 aromatic carbocycles. The number of amides is 1. The fourth-order valence-electron chi connectivity index (χ4n) is 6.16. The van der Waals surface area contributed by atoms with Crippen LogP contribution in [0.5, 0.6) is 0 Å². The zero-order valence-electron chi connectivity index (χ0n) is 21.7. The second kappa shape index (κ2) is 15.2. The van der Waals surface area contributed by atoms with Crippen molar-refractivity contribution in [3.63, 3.8) is 0 Å². The number of aliphatic hydroxyl groups is 3. The number of hydrogen-bond donors (Lipinski definition) is 6. The van der Waals surface area contributed by atoms with E-state index in [-0.39, 0.29) is 30.1 Å². The molecular weight excluding hydrogens is 545 g/mol. The summed E-state index contributed by atoms with van der Waals surface area (Å²) < 4.78 is 22.3. The largest absolute Gasteiger partial charge is 0.388 e. The minimum atomic E-state index is -1.39. The van der Waals surface area contributed by atoms with Gasteiger partial charge in [-0.15, -0.1) is 23.4 Å². The van der Waals surface area contributed by atoms with Gasteiger partial charge < -0.3 is 40.7 Å². The number of hydrogen-bond acceptors (Lipinski definition) is 10. The van der Waals surface area contributed by atoms with Crippen molar-refractivity contribution in [1.82, 2.24) is 16.0 Å². The number of nitrogens with one attached hydrogen (secondary N) is 3. The second-order valence-electron chi connectivity index (χ2n) is 10.4. The summed E-state index contributed by atoms with van der Waals surface area (Å²) in [4.78, 5) is 13.4. The predicted octanol–water partition coefficient (Wildman–Crippen LogP) is 0.886. The van der Waals surface area contributed by atoms with Gasteiger partial charge >= 0.3 is 0 Å². The van der Waals surface area contributed by atoms with E-state index in [4.69, 9.17) is 21.1 Å². The van der Waals surface area contributed by atoms with Crippen LogP contribution in [0.3, 0.4) is 0 Å². The number of thioether (sulfide) groups is 1. The predicted molar refractivity (Wildman–Crippen MR) is 145 cm³/mol. The smallest absolute Gasteiger partial charge is 0.240 e. The summed E-state index contributed by atoms with van der Waals surface area (Å²) in [7, 11) is 0. The molecule has 4 aliphatic rings. The zero-order chi connectivity index (χ0) is 27.1. The van der Waals surface area contributed by atoms with Crippen LogP contribution in [-0.4, -0.2) is 113 Å². The summed E-state index contributed by atoms with van der Waals surface area (Å²) in [5.41, 5.74) is -0.732. The van der Waals surface area contributed by atoms with Crippen molar-refractivity contribution < 1.29 is 33.5 Å². The number of rotatable bonds is 6. The number of aliphatic hydroxyl groups excluding tert-OH is 3. The quantitative estimate of drug-likeness (QED) is 0.249. The van der Waals surface area contributed by atoms with Crippen LogP contribution in [0.25, 0.3) is 0 Å².